The van der Waals surface area contributed by atoms with E-state index in [0.717, 1.165) is 54.9 Å². The van der Waals surface area contributed by atoms with Crippen molar-refractivity contribution in [3.8, 4) is 0 Å². The number of hydrogen-bond acceptors (Lipinski definition) is 0. The molecule has 2 atom stereocenters. The average Bonchev–Trinajstić information content (AvgIpc) is 3.88. The van der Waals surface area contributed by atoms with Gasteiger partial charge in [-0.05, 0) is 40.6 Å². The van der Waals surface area contributed by atoms with Gasteiger partial charge in [0.05, 0.1) is 0 Å². The van der Waals surface area contributed by atoms with Crippen molar-refractivity contribution >= 4 is 8.78 Å². The van der Waals surface area contributed by atoms with Crippen LogP contribution >= 0.6 is 0 Å². The maximum atomic E-state index is 12.7. The van der Waals surface area contributed by atoms with Gasteiger partial charge >= 0.3 is 137 Å². The van der Waals surface area contributed by atoms with Crippen molar-refractivity contribution in [3.05, 3.63) is 170 Å². The number of alkyl halides is 6. The monoisotopic (exact) mass is 1020 g/mol. The van der Waals surface area contributed by atoms with Gasteiger partial charge in [0, 0.05) is 0 Å². The molecule has 0 amide bonds. The summed E-state index contributed by atoms with van der Waals surface area (Å²) in [5.74, 6) is 2.24. The first-order valence-electron chi connectivity index (χ1n) is 22.9. The van der Waals surface area contributed by atoms with Crippen LogP contribution in [0.2, 0.25) is 0 Å². The van der Waals surface area contributed by atoms with E-state index >= 15 is 0 Å². The van der Waals surface area contributed by atoms with Crippen LogP contribution in [-0.4, -0.2) is 3.21 Å². The second-order valence-corrected chi connectivity index (χ2v) is 22.4. The van der Waals surface area contributed by atoms with E-state index in [0.29, 0.717) is 14.5 Å². The molecule has 4 aromatic carbocycles. The van der Waals surface area contributed by atoms with Gasteiger partial charge in [-0.2, -0.15) is 34.4 Å². The third-order valence-corrected chi connectivity index (χ3v) is 17.7. The van der Waals surface area contributed by atoms with E-state index in [4.69, 9.17) is 0 Å². The Kier molecular flexibility index (Phi) is 17.0. The molecule has 0 spiro atoms. The molecule has 0 aromatic heterocycles. The molecule has 356 valence electrons. The fourth-order valence-electron chi connectivity index (χ4n) is 10.9. The van der Waals surface area contributed by atoms with Crippen molar-refractivity contribution in [1.29, 1.82) is 0 Å². The third-order valence-electron chi connectivity index (χ3n) is 16.3. The molecule has 0 heterocycles. The van der Waals surface area contributed by atoms with Crippen LogP contribution in [-0.2, 0) is 54.8 Å². The van der Waals surface area contributed by atoms with Gasteiger partial charge in [-0.15, -0.1) is 6.92 Å². The maximum Gasteiger partial charge on any atom is -1.00 e. The van der Waals surface area contributed by atoms with Gasteiger partial charge in [0.15, 0.2) is 0 Å². The molecule has 4 aliphatic carbocycles. The quantitative estimate of drug-likeness (QED) is 0.138. The number of hydrogen-bond donors (Lipinski definition) is 0. The van der Waals surface area contributed by atoms with Crippen LogP contribution in [0.1, 0.15) is 153 Å². The van der Waals surface area contributed by atoms with E-state index in [1.165, 1.54) is 78.6 Å². The second-order valence-electron chi connectivity index (χ2n) is 21.1. The number of halogens is 8. The summed E-state index contributed by atoms with van der Waals surface area (Å²) in [6, 6.07) is 25.2. The molecule has 66 heavy (non-hydrogen) atoms. The van der Waals surface area contributed by atoms with Gasteiger partial charge < -0.3 is 24.8 Å². The summed E-state index contributed by atoms with van der Waals surface area (Å²) in [5.41, 5.74) is 12.5. The number of unbranched alkanes of at least 4 members (excludes halogenated alkanes) is 1. The molecule has 0 bridgehead atoms. The Morgan fingerprint density at radius 1 is 0.758 bits per heavy atom. The smallest absolute Gasteiger partial charge is 1.00 e. The zero-order chi connectivity index (χ0) is 47.4. The third kappa shape index (κ3) is 10.2. The number of allylic oxidation sites excluding steroid dienone is 6. The van der Waals surface area contributed by atoms with Crippen molar-refractivity contribution in [1.82, 2.24) is 0 Å². The van der Waals surface area contributed by atoms with Crippen molar-refractivity contribution in [3.63, 3.8) is 0 Å². The van der Waals surface area contributed by atoms with E-state index in [-0.39, 0.29) is 57.6 Å². The van der Waals surface area contributed by atoms with Gasteiger partial charge in [-0.25, -0.2) is 12.0 Å². The molecule has 1 fully saturated rings. The van der Waals surface area contributed by atoms with Crippen LogP contribution < -0.4 is 24.8 Å². The maximum absolute atomic E-state index is 12.7. The van der Waals surface area contributed by atoms with Crippen LogP contribution in [0.4, 0.5) is 26.3 Å². The average molecular weight is 1030 g/mol. The van der Waals surface area contributed by atoms with Crippen LogP contribution in [0.25, 0.3) is 5.57 Å². The van der Waals surface area contributed by atoms with Crippen LogP contribution in [0.3, 0.4) is 0 Å². The number of aryl methyl sites for hydroxylation is 1. The normalized spacial score (nSPS) is 21.1. The molecule has 0 radical (unpaired) electrons. The summed E-state index contributed by atoms with van der Waals surface area (Å²) < 4.78 is 76.7. The van der Waals surface area contributed by atoms with Crippen molar-refractivity contribution in [2.75, 3.05) is 0 Å². The van der Waals surface area contributed by atoms with Gasteiger partial charge in [-0.1, -0.05) is 166 Å². The first-order valence-corrected chi connectivity index (χ1v) is 24.1. The minimum absolute atomic E-state index is 0. The fraction of sp³-hybridized carbons (Fsp3) is 0.456. The van der Waals surface area contributed by atoms with Crippen LogP contribution in [0.5, 0.6) is 0 Å². The summed E-state index contributed by atoms with van der Waals surface area (Å²) in [4.78, 5) is 0. The zero-order valence-corrected chi connectivity index (χ0v) is 44.6. The largest absolute Gasteiger partial charge is 1.00 e. The van der Waals surface area contributed by atoms with E-state index in [1.807, 2.05) is 0 Å². The summed E-state index contributed by atoms with van der Waals surface area (Å²) >= 11 is 0.729. The Morgan fingerprint density at radius 2 is 1.32 bits per heavy atom. The van der Waals surface area contributed by atoms with Crippen LogP contribution in [0.15, 0.2) is 120 Å². The predicted octanol–water partition coefficient (Wildman–Crippen LogP) is 10.9. The van der Waals surface area contributed by atoms with Crippen molar-refractivity contribution in [2.45, 2.75) is 139 Å². The minimum atomic E-state index is -4.49. The molecule has 4 aliphatic rings. The Bertz CT molecular complexity index is 2410. The first-order chi connectivity index (χ1) is 29.6. The van der Waals surface area contributed by atoms with Crippen molar-refractivity contribution < 1.29 is 75.4 Å². The second kappa shape index (κ2) is 20.2. The van der Waals surface area contributed by atoms with Crippen molar-refractivity contribution in [2.24, 2.45) is 27.6 Å². The molecule has 0 aliphatic heterocycles. The molecule has 0 saturated heterocycles. The molecular formula is C57H66Cl2F6Zr-2. The number of benzene rings is 3. The summed E-state index contributed by atoms with van der Waals surface area (Å²) in [7, 11) is 0. The Morgan fingerprint density at radius 3 is 1.83 bits per heavy atom. The molecule has 9 heteroatoms. The van der Waals surface area contributed by atoms with Gasteiger partial charge in [0.1, 0.15) is 0 Å². The number of fused-ring (bicyclic) bond motifs is 6. The van der Waals surface area contributed by atoms with Gasteiger partial charge in [-0.3, -0.25) is 0 Å². The molecule has 4 aromatic rings. The summed E-state index contributed by atoms with van der Waals surface area (Å²) in [5, 5.41) is 0. The summed E-state index contributed by atoms with van der Waals surface area (Å²) in [6.07, 6.45) is 3.37. The number of rotatable bonds is 5. The Labute approximate surface area is 418 Å². The van der Waals surface area contributed by atoms with E-state index < -0.39 is 23.5 Å². The molecule has 0 N–H and O–H groups in total. The molecule has 1 saturated carbocycles. The summed E-state index contributed by atoms with van der Waals surface area (Å²) in [6.45, 7) is 29.3. The molecular weight excluding hydrogens is 961 g/mol. The minimum Gasteiger partial charge on any atom is -1.00 e. The first kappa shape index (κ1) is 55.6. The Balaban J connectivity index is 0.000000229. The topological polar surface area (TPSA) is 0 Å². The van der Waals surface area contributed by atoms with E-state index in [9.17, 15) is 26.3 Å². The molecule has 2 unspecified atom stereocenters. The fourth-order valence-corrected chi connectivity index (χ4v) is 11.7. The predicted molar refractivity (Wildman–Crippen MR) is 250 cm³/mol. The zero-order valence-electron chi connectivity index (χ0n) is 40.7. The van der Waals surface area contributed by atoms with E-state index in [2.05, 4.69) is 138 Å². The van der Waals surface area contributed by atoms with Gasteiger partial charge in [0.25, 0.3) is 0 Å². The van der Waals surface area contributed by atoms with Gasteiger partial charge in [0.2, 0.25) is 0 Å². The molecule has 0 nitrogen and oxygen atoms in total. The van der Waals surface area contributed by atoms with Crippen LogP contribution in [0, 0.1) is 33.5 Å². The van der Waals surface area contributed by atoms with E-state index in [1.54, 1.807) is 28.2 Å². The SMILES string of the molecule is CCCCc1cc(C(C)(C)C)c[cH-]1.C[C-]1C2=C3Cc4ccccc4C3=C3C=CCCC3C2(C)C(C)(C)C(C)(C)C1(C)C.FC(F)(F)c1cccc([C](=[Zr+2])c2cccc(C(F)(F)F)c2)c1.[Cl-].[Cl-]. The standard InChI is InChI=1S/C29H37.C15H8F6.C13H21.2ClH.Zr/c1-18-25-22-17-19-13-9-10-14-20(19)24(22)21-15-11-12-16-23(21)29(25,8)28(6,7)27(4,5)26(18,2)3;16-14(17,18)12-5-1-3-10(8-12)7-11-4-2-6-13(9-11)15(19,20)21;1-5-6-7-11-8-9-12(10-11)13(2,3)4;;;/h9-11,13-15,23H,12,16-17H2,1-8H3;1-6,8-9H;8-10H,5-7H2,1-4H3;2*1H;/q-1;;-1;;;+2/p-2. The Hall–Kier alpha value is -2.99. The molecule has 8 rings (SSSR count).